The van der Waals surface area contributed by atoms with Gasteiger partial charge >= 0.3 is 10.1 Å². The molecule has 0 bridgehead atoms. The predicted octanol–water partition coefficient (Wildman–Crippen LogP) is 5.76. The van der Waals surface area contributed by atoms with Crippen LogP contribution >= 0.6 is 22.6 Å². The van der Waals surface area contributed by atoms with Crippen molar-refractivity contribution in [2.75, 3.05) is 5.32 Å². The van der Waals surface area contributed by atoms with Crippen LogP contribution in [-0.2, 0) is 14.9 Å². The average Bonchev–Trinajstić information content (AvgIpc) is 2.83. The first-order chi connectivity index (χ1) is 16.4. The number of amides is 1. The third-order valence-electron chi connectivity index (χ3n) is 4.88. The highest BCUT2D eigenvalue weighted by atomic mass is 127. The first-order valence-electron chi connectivity index (χ1n) is 10.1. The fraction of sp³-hybridized carbons (Fsp3) is 0. The molecule has 0 spiro atoms. The fourth-order valence-electron chi connectivity index (χ4n) is 3.23. The third-order valence-corrected chi connectivity index (χ3v) is 6.78. The van der Waals surface area contributed by atoms with Gasteiger partial charge < -0.3 is 9.50 Å². The van der Waals surface area contributed by atoms with Gasteiger partial charge in [-0.25, -0.2) is 0 Å². The number of carbonyl (C=O) groups is 1. The largest absolute Gasteiger partial charge is 0.378 e. The summed E-state index contributed by atoms with van der Waals surface area (Å²) >= 11 is 2.12. The number of nitrogens with one attached hydrogen (secondary N) is 1. The Hall–Kier alpha value is -3.68. The van der Waals surface area contributed by atoms with E-state index in [-0.39, 0.29) is 21.8 Å². The van der Waals surface area contributed by atoms with Crippen LogP contribution in [0.15, 0.2) is 101 Å². The van der Waals surface area contributed by atoms with E-state index in [0.717, 1.165) is 14.3 Å². The monoisotopic (exact) mass is 580 g/mol. The summed E-state index contributed by atoms with van der Waals surface area (Å²) in [5, 5.41) is 13.9. The van der Waals surface area contributed by atoms with Crippen LogP contribution in [0.5, 0.6) is 5.75 Å². The third kappa shape index (κ3) is 5.44. The maximum Gasteiger partial charge on any atom is 0.339 e. The standard InChI is InChI=1S/C26H17IN2O4S/c27-22-9-5-10-23(16-22)29-26(30)21(17-28)14-20-8-3-4-11-25(20)33-34(31,32)24-13-12-18-6-1-2-7-19(18)15-24/h1-16H,(H,29,30)/b21-14+. The number of para-hydroxylation sites is 1. The van der Waals surface area contributed by atoms with Crippen LogP contribution in [0, 0.1) is 14.9 Å². The van der Waals surface area contributed by atoms with Crippen LogP contribution in [-0.4, -0.2) is 14.3 Å². The molecule has 0 fully saturated rings. The smallest absolute Gasteiger partial charge is 0.339 e. The van der Waals surface area contributed by atoms with E-state index < -0.39 is 16.0 Å². The molecule has 0 atom stereocenters. The Labute approximate surface area is 210 Å². The van der Waals surface area contributed by atoms with E-state index in [1.54, 1.807) is 48.5 Å². The Kier molecular flexibility index (Phi) is 6.95. The van der Waals surface area contributed by atoms with E-state index in [1.807, 2.05) is 36.4 Å². The van der Waals surface area contributed by atoms with Crippen molar-refractivity contribution in [2.45, 2.75) is 4.90 Å². The molecule has 0 saturated heterocycles. The highest BCUT2D eigenvalue weighted by Crippen LogP contribution is 2.27. The fourth-order valence-corrected chi connectivity index (χ4v) is 4.77. The molecule has 6 nitrogen and oxygen atoms in total. The second-order valence-electron chi connectivity index (χ2n) is 7.22. The molecule has 0 unspecified atom stereocenters. The molecule has 8 heteroatoms. The van der Waals surface area contributed by atoms with Gasteiger partial charge in [0.1, 0.15) is 22.3 Å². The van der Waals surface area contributed by atoms with Gasteiger partial charge in [0, 0.05) is 14.8 Å². The summed E-state index contributed by atoms with van der Waals surface area (Å²) in [6.45, 7) is 0. The van der Waals surface area contributed by atoms with E-state index in [0.29, 0.717) is 5.69 Å². The molecule has 1 N–H and O–H groups in total. The van der Waals surface area contributed by atoms with Gasteiger partial charge in [0.25, 0.3) is 5.91 Å². The van der Waals surface area contributed by atoms with Gasteiger partial charge in [-0.3, -0.25) is 4.79 Å². The molecule has 0 saturated carbocycles. The SMILES string of the molecule is N#C/C(=C\c1ccccc1OS(=O)(=O)c1ccc2ccccc2c1)C(=O)Nc1cccc(I)c1. The van der Waals surface area contributed by atoms with Crippen LogP contribution in [0.25, 0.3) is 16.8 Å². The zero-order valence-corrected chi connectivity index (χ0v) is 20.6. The molecule has 4 aromatic rings. The Morgan fingerprint density at radius 3 is 2.41 bits per heavy atom. The highest BCUT2D eigenvalue weighted by molar-refractivity contribution is 14.1. The Morgan fingerprint density at radius 2 is 1.65 bits per heavy atom. The maximum absolute atomic E-state index is 13.0. The molecule has 1 amide bonds. The number of rotatable bonds is 6. The summed E-state index contributed by atoms with van der Waals surface area (Å²) in [6, 6.07) is 27.4. The number of fused-ring (bicyclic) bond motifs is 1. The zero-order valence-electron chi connectivity index (χ0n) is 17.6. The number of hydrogen-bond donors (Lipinski definition) is 1. The van der Waals surface area contributed by atoms with Crippen molar-refractivity contribution < 1.29 is 17.4 Å². The summed E-state index contributed by atoms with van der Waals surface area (Å²) in [5.41, 5.74) is 0.626. The van der Waals surface area contributed by atoms with Gasteiger partial charge in [-0.2, -0.15) is 13.7 Å². The van der Waals surface area contributed by atoms with Crippen molar-refractivity contribution in [2.24, 2.45) is 0 Å². The number of nitriles is 1. The van der Waals surface area contributed by atoms with Crippen molar-refractivity contribution in [3.8, 4) is 11.8 Å². The summed E-state index contributed by atoms with van der Waals surface area (Å²) in [6.07, 6.45) is 1.30. The molecule has 4 rings (SSSR count). The molecule has 4 aromatic carbocycles. The van der Waals surface area contributed by atoms with E-state index in [9.17, 15) is 18.5 Å². The molecule has 34 heavy (non-hydrogen) atoms. The quantitative estimate of drug-likeness (QED) is 0.136. The minimum atomic E-state index is -4.16. The van der Waals surface area contributed by atoms with Crippen LogP contribution in [0.4, 0.5) is 5.69 Å². The van der Waals surface area contributed by atoms with E-state index in [4.69, 9.17) is 4.18 Å². The second kappa shape index (κ2) is 10.1. The predicted molar refractivity (Wildman–Crippen MR) is 140 cm³/mol. The van der Waals surface area contributed by atoms with Gasteiger partial charge in [-0.1, -0.05) is 54.6 Å². The lowest BCUT2D eigenvalue weighted by atomic mass is 10.1. The zero-order chi connectivity index (χ0) is 24.1. The Morgan fingerprint density at radius 1 is 0.912 bits per heavy atom. The average molecular weight is 580 g/mol. The number of nitrogens with zero attached hydrogens (tertiary/aromatic N) is 1. The first kappa shape index (κ1) is 23.5. The van der Waals surface area contributed by atoms with Gasteiger partial charge in [0.05, 0.1) is 0 Å². The Bertz CT molecular complexity index is 1570. The minimum absolute atomic E-state index is 0.00177. The highest BCUT2D eigenvalue weighted by Gasteiger charge is 2.19. The molecule has 0 radical (unpaired) electrons. The molecule has 0 aromatic heterocycles. The van der Waals surface area contributed by atoms with Crippen molar-refractivity contribution in [1.82, 2.24) is 0 Å². The summed E-state index contributed by atoms with van der Waals surface area (Å²) in [7, 11) is -4.16. The molecule has 0 aliphatic carbocycles. The van der Waals surface area contributed by atoms with Crippen molar-refractivity contribution in [3.05, 3.63) is 106 Å². The topological polar surface area (TPSA) is 96.3 Å². The van der Waals surface area contributed by atoms with Crippen LogP contribution in [0.3, 0.4) is 0 Å². The van der Waals surface area contributed by atoms with Crippen molar-refractivity contribution in [3.63, 3.8) is 0 Å². The van der Waals surface area contributed by atoms with Gasteiger partial charge in [0.2, 0.25) is 0 Å². The first-order valence-corrected chi connectivity index (χ1v) is 12.6. The maximum atomic E-state index is 13.0. The normalized spacial score (nSPS) is 11.6. The molecule has 0 aliphatic rings. The second-order valence-corrected chi connectivity index (χ2v) is 10.0. The lowest BCUT2D eigenvalue weighted by Gasteiger charge is -2.11. The summed E-state index contributed by atoms with van der Waals surface area (Å²) < 4.78 is 32.3. The van der Waals surface area contributed by atoms with Gasteiger partial charge in [-0.05, 0) is 75.8 Å². The molecular formula is C26H17IN2O4S. The molecular weight excluding hydrogens is 563 g/mol. The number of benzene rings is 4. The minimum Gasteiger partial charge on any atom is -0.378 e. The lowest BCUT2D eigenvalue weighted by Crippen LogP contribution is -2.14. The van der Waals surface area contributed by atoms with Gasteiger partial charge in [0.15, 0.2) is 0 Å². The van der Waals surface area contributed by atoms with E-state index >= 15 is 0 Å². The van der Waals surface area contributed by atoms with Crippen molar-refractivity contribution >= 4 is 61.2 Å². The summed E-state index contributed by atoms with van der Waals surface area (Å²) in [5.74, 6) is -0.609. The van der Waals surface area contributed by atoms with Crippen LogP contribution in [0.2, 0.25) is 0 Å². The van der Waals surface area contributed by atoms with E-state index in [2.05, 4.69) is 27.9 Å². The van der Waals surface area contributed by atoms with Crippen LogP contribution in [0.1, 0.15) is 5.56 Å². The number of halogens is 1. The molecule has 168 valence electrons. The number of anilines is 1. The molecule has 0 aliphatic heterocycles. The number of hydrogen-bond acceptors (Lipinski definition) is 5. The number of carbonyl (C=O) groups excluding carboxylic acids is 1. The molecule has 0 heterocycles. The van der Waals surface area contributed by atoms with Crippen molar-refractivity contribution in [1.29, 1.82) is 5.26 Å². The van der Waals surface area contributed by atoms with Crippen LogP contribution < -0.4 is 9.50 Å². The lowest BCUT2D eigenvalue weighted by molar-refractivity contribution is -0.112. The Balaban J connectivity index is 1.63. The summed E-state index contributed by atoms with van der Waals surface area (Å²) in [4.78, 5) is 12.6. The van der Waals surface area contributed by atoms with E-state index in [1.165, 1.54) is 18.2 Å². The van der Waals surface area contributed by atoms with Gasteiger partial charge in [-0.15, -0.1) is 0 Å².